The van der Waals surface area contributed by atoms with Crippen molar-refractivity contribution in [3.8, 4) is 0 Å². The average molecular weight is 671 g/mol. The van der Waals surface area contributed by atoms with Gasteiger partial charge in [0.05, 0.1) is 26.4 Å². The highest BCUT2D eigenvalue weighted by molar-refractivity contribution is 5.05. The Morgan fingerprint density at radius 2 is 1.26 bits per heavy atom. The van der Waals surface area contributed by atoms with Gasteiger partial charge in [0.25, 0.3) is 0 Å². The molecule has 46 heavy (non-hydrogen) atoms. The van der Waals surface area contributed by atoms with Gasteiger partial charge in [-0.15, -0.1) is 6.58 Å². The smallest absolute Gasteiger partial charge is 0.201 e. The predicted octanol–water partition coefficient (Wildman–Crippen LogP) is -6.71. The van der Waals surface area contributed by atoms with Gasteiger partial charge in [-0.2, -0.15) is 0 Å². The van der Waals surface area contributed by atoms with Gasteiger partial charge in [0.1, 0.15) is 97.7 Å². The van der Waals surface area contributed by atoms with E-state index in [0.29, 0.717) is 0 Å². The van der Waals surface area contributed by atoms with Crippen molar-refractivity contribution in [2.75, 3.05) is 26.4 Å². The first-order chi connectivity index (χ1) is 21.9. The van der Waals surface area contributed by atoms with E-state index in [1.807, 2.05) is 0 Å². The molecule has 0 aromatic heterocycles. The molecular weight excluding hydrogens is 628 g/mol. The third-order valence-electron chi connectivity index (χ3n) is 9.36. The molecule has 6 aliphatic heterocycles. The van der Waals surface area contributed by atoms with E-state index in [2.05, 4.69) is 6.58 Å². The van der Waals surface area contributed by atoms with Crippen LogP contribution in [0, 0.1) is 0 Å². The Labute approximate surface area is 261 Å². The summed E-state index contributed by atoms with van der Waals surface area (Å²) in [5, 5.41) is 105. The molecule has 6 aliphatic rings. The van der Waals surface area contributed by atoms with E-state index in [9.17, 15) is 51.1 Å². The summed E-state index contributed by atoms with van der Waals surface area (Å²) in [6.45, 7) is 2.03. The third kappa shape index (κ3) is 5.93. The lowest BCUT2D eigenvalue weighted by molar-refractivity contribution is -0.398. The zero-order valence-electron chi connectivity index (χ0n) is 24.4. The molecule has 0 aromatic rings. The molecule has 10 N–H and O–H groups in total. The molecule has 0 unspecified atom stereocenters. The van der Waals surface area contributed by atoms with Gasteiger partial charge in [0.2, 0.25) is 5.79 Å². The number of aliphatic hydroxyl groups excluding tert-OH is 10. The Kier molecular flexibility index (Phi) is 10.4. The zero-order chi connectivity index (χ0) is 33.1. The minimum atomic E-state index is -2.03. The van der Waals surface area contributed by atoms with E-state index in [0.717, 1.165) is 0 Å². The first-order valence-corrected chi connectivity index (χ1v) is 15.1. The second-order valence-electron chi connectivity index (χ2n) is 12.2. The van der Waals surface area contributed by atoms with Gasteiger partial charge in [0, 0.05) is 6.42 Å². The SMILES string of the molecule is C=CC[C@@]1(O[C@@H]2[C@H]3OC[C@@H]2O[C@@H](O[C@@H]2[C@@H](O)[C@H](O[C@@H]4[C@H]5OC[C@@H]4O[C@@H](O)[C@H]5O)O[C@H](CO)[C@H]2O)[C@H]3O)O[C@H](CO)[C@H](O)[C@H](O)[C@H]1O. The van der Waals surface area contributed by atoms with Crippen LogP contribution in [0.1, 0.15) is 6.42 Å². The van der Waals surface area contributed by atoms with Crippen LogP contribution in [0.3, 0.4) is 0 Å². The number of aliphatic hydroxyl groups is 10. The van der Waals surface area contributed by atoms with Gasteiger partial charge in [-0.3, -0.25) is 0 Å². The predicted molar refractivity (Wildman–Crippen MR) is 141 cm³/mol. The van der Waals surface area contributed by atoms with E-state index >= 15 is 0 Å². The molecule has 6 rings (SSSR count). The van der Waals surface area contributed by atoms with E-state index in [1.165, 1.54) is 6.08 Å². The molecule has 0 aliphatic carbocycles. The lowest BCUT2D eigenvalue weighted by atomic mass is 9.89. The molecule has 19 heteroatoms. The van der Waals surface area contributed by atoms with Gasteiger partial charge in [-0.25, -0.2) is 0 Å². The standard InChI is InChI=1S/C27H42O19/c1-2-3-27(23(36)14(32)12(30)9(5-29)45-27)46-19-11-7-39-22(19)17(35)26(42-11)44-20-13(31)8(4-28)41-25(16(20)34)43-18-10-6-38-21(18)15(33)24(37)40-10/h2,8-26,28-37H,1,3-7H2/t8-,9-,10+,11+,12+,13-,14+,15+,16-,17+,18+,19+,20+,21+,22+,23-,24-,25+,26+,27+/m1/s1. The molecule has 0 amide bonds. The summed E-state index contributed by atoms with van der Waals surface area (Å²) < 4.78 is 51.5. The molecule has 264 valence electrons. The number of fused-ring (bicyclic) bond motifs is 4. The van der Waals surface area contributed by atoms with Crippen molar-refractivity contribution in [1.29, 1.82) is 0 Å². The molecule has 6 saturated heterocycles. The molecule has 20 atom stereocenters. The largest absolute Gasteiger partial charge is 0.394 e. The third-order valence-corrected chi connectivity index (χ3v) is 9.36. The Hall–Kier alpha value is -1.02. The van der Waals surface area contributed by atoms with Crippen molar-refractivity contribution in [3.63, 3.8) is 0 Å². The summed E-state index contributed by atoms with van der Waals surface area (Å²) in [4.78, 5) is 0. The second-order valence-corrected chi connectivity index (χ2v) is 12.2. The highest BCUT2D eigenvalue weighted by Gasteiger charge is 2.61. The summed E-state index contributed by atoms with van der Waals surface area (Å²) in [5.74, 6) is -2.03. The van der Waals surface area contributed by atoms with Crippen LogP contribution in [0.25, 0.3) is 0 Å². The molecular formula is C27H42O19. The number of rotatable bonds is 10. The minimum Gasteiger partial charge on any atom is -0.394 e. The van der Waals surface area contributed by atoms with Crippen LogP contribution in [0.15, 0.2) is 12.7 Å². The van der Waals surface area contributed by atoms with Crippen molar-refractivity contribution in [2.24, 2.45) is 0 Å². The molecule has 0 aromatic carbocycles. The van der Waals surface area contributed by atoms with Crippen molar-refractivity contribution < 1.29 is 93.7 Å². The van der Waals surface area contributed by atoms with E-state index in [1.54, 1.807) is 0 Å². The summed E-state index contributed by atoms with van der Waals surface area (Å²) in [5.41, 5.74) is 0. The Bertz CT molecular complexity index is 1050. The molecule has 0 radical (unpaired) electrons. The summed E-state index contributed by atoms with van der Waals surface area (Å²) in [6.07, 6.45) is -25.5. The van der Waals surface area contributed by atoms with Crippen LogP contribution >= 0.6 is 0 Å². The summed E-state index contributed by atoms with van der Waals surface area (Å²) in [6, 6.07) is 0. The van der Waals surface area contributed by atoms with Gasteiger partial charge in [-0.05, 0) is 0 Å². The maximum Gasteiger partial charge on any atom is 0.201 e. The molecule has 19 nitrogen and oxygen atoms in total. The monoisotopic (exact) mass is 670 g/mol. The Morgan fingerprint density at radius 3 is 1.91 bits per heavy atom. The van der Waals surface area contributed by atoms with Crippen molar-refractivity contribution in [3.05, 3.63) is 12.7 Å². The molecule has 6 heterocycles. The number of hydrogen-bond acceptors (Lipinski definition) is 19. The summed E-state index contributed by atoms with van der Waals surface area (Å²) >= 11 is 0. The van der Waals surface area contributed by atoms with Crippen LogP contribution < -0.4 is 0 Å². The van der Waals surface area contributed by atoms with Crippen LogP contribution in [0.2, 0.25) is 0 Å². The normalized spacial score (nSPS) is 55.4. The molecule has 0 saturated carbocycles. The maximum atomic E-state index is 11.2. The maximum absolute atomic E-state index is 11.2. The lowest BCUT2D eigenvalue weighted by Crippen LogP contribution is -2.69. The van der Waals surface area contributed by atoms with Gasteiger partial charge >= 0.3 is 0 Å². The number of hydrogen-bond donors (Lipinski definition) is 10. The molecule has 0 spiro atoms. The van der Waals surface area contributed by atoms with Crippen molar-refractivity contribution in [2.45, 2.75) is 129 Å². The molecule has 4 bridgehead atoms. The van der Waals surface area contributed by atoms with E-state index in [4.69, 9.17) is 42.6 Å². The highest BCUT2D eigenvalue weighted by atomic mass is 16.8. The van der Waals surface area contributed by atoms with Gasteiger partial charge in [-0.1, -0.05) is 6.08 Å². The van der Waals surface area contributed by atoms with Gasteiger partial charge in [0.15, 0.2) is 18.9 Å². The summed E-state index contributed by atoms with van der Waals surface area (Å²) in [7, 11) is 0. The fourth-order valence-corrected chi connectivity index (χ4v) is 6.87. The fourth-order valence-electron chi connectivity index (χ4n) is 6.87. The quantitative estimate of drug-likeness (QED) is 0.0967. The number of ether oxygens (including phenoxy) is 9. The van der Waals surface area contributed by atoms with Crippen LogP contribution in [-0.2, 0) is 42.6 Å². The van der Waals surface area contributed by atoms with Crippen LogP contribution in [0.4, 0.5) is 0 Å². The zero-order valence-corrected chi connectivity index (χ0v) is 24.4. The Morgan fingerprint density at radius 1 is 0.652 bits per heavy atom. The van der Waals surface area contributed by atoms with E-state index in [-0.39, 0.29) is 19.6 Å². The highest BCUT2D eigenvalue weighted by Crippen LogP contribution is 2.42. The van der Waals surface area contributed by atoms with Crippen LogP contribution in [0.5, 0.6) is 0 Å². The topological polar surface area (TPSA) is 285 Å². The van der Waals surface area contributed by atoms with Crippen molar-refractivity contribution >= 4 is 0 Å². The first kappa shape index (κ1) is 34.8. The van der Waals surface area contributed by atoms with Crippen molar-refractivity contribution in [1.82, 2.24) is 0 Å². The van der Waals surface area contributed by atoms with Gasteiger partial charge < -0.3 is 93.7 Å². The lowest BCUT2D eigenvalue weighted by Gasteiger charge is -2.51. The van der Waals surface area contributed by atoms with E-state index < -0.39 is 136 Å². The second kappa shape index (κ2) is 13.7. The Balaban J connectivity index is 1.16. The van der Waals surface area contributed by atoms with Crippen LogP contribution in [-0.4, -0.2) is 200 Å². The fraction of sp³-hybridized carbons (Fsp3) is 0.926. The average Bonchev–Trinajstić information content (AvgIpc) is 3.52. The molecule has 6 fully saturated rings. The first-order valence-electron chi connectivity index (χ1n) is 15.1. The minimum absolute atomic E-state index is 0.0251.